The quantitative estimate of drug-likeness (QED) is 0.471. The minimum Gasteiger partial charge on any atom is -0.480 e. The maximum Gasteiger partial charge on any atom is 0.327 e. The molecule has 1 atom stereocenters. The highest BCUT2D eigenvalue weighted by Crippen LogP contribution is 2.32. The van der Waals surface area contributed by atoms with Gasteiger partial charge in [-0.05, 0) is 32.5 Å². The van der Waals surface area contributed by atoms with E-state index >= 15 is 0 Å². The van der Waals surface area contributed by atoms with E-state index in [1.807, 2.05) is 0 Å². The summed E-state index contributed by atoms with van der Waals surface area (Å²) in [6.45, 7) is 4.68. The number of carbonyl (C=O) groups is 2. The molecule has 1 saturated heterocycles. The molecule has 1 rings (SSSR count). The van der Waals surface area contributed by atoms with Crippen molar-refractivity contribution in [1.82, 2.24) is 10.2 Å². The van der Waals surface area contributed by atoms with E-state index in [9.17, 15) is 9.59 Å². The molecule has 0 spiro atoms. The summed E-state index contributed by atoms with van der Waals surface area (Å²) >= 11 is 4.47. The minimum absolute atomic E-state index is 0.433. The van der Waals surface area contributed by atoms with Crippen molar-refractivity contribution in [2.24, 2.45) is 0 Å². The second-order valence-electron chi connectivity index (χ2n) is 4.09. The van der Waals surface area contributed by atoms with E-state index in [1.54, 1.807) is 0 Å². The van der Waals surface area contributed by atoms with Crippen LogP contribution in [0.5, 0.6) is 0 Å². The van der Waals surface area contributed by atoms with Gasteiger partial charge >= 0.3 is 5.97 Å². The molecular weight excluding hydrogens is 228 g/mol. The molecule has 0 aromatic carbocycles. The number of rotatable bonds is 5. The molecular formula is C10H18N2O3S. The van der Waals surface area contributed by atoms with E-state index in [2.05, 4.69) is 29.8 Å². The summed E-state index contributed by atoms with van der Waals surface area (Å²) in [6.07, 6.45) is 1.77. The predicted molar refractivity (Wildman–Crippen MR) is 63.7 cm³/mol. The number of likely N-dealkylation sites (tertiary alicyclic amines) is 1. The molecule has 1 fully saturated rings. The van der Waals surface area contributed by atoms with Crippen LogP contribution in [-0.4, -0.2) is 52.8 Å². The highest BCUT2D eigenvalue weighted by Gasteiger charge is 2.42. The summed E-state index contributed by atoms with van der Waals surface area (Å²) in [5.74, 6) is -1.02. The van der Waals surface area contributed by atoms with Crippen molar-refractivity contribution in [2.45, 2.75) is 30.6 Å². The average molecular weight is 246 g/mol. The molecule has 0 aromatic heterocycles. The Morgan fingerprint density at radius 2 is 2.19 bits per heavy atom. The van der Waals surface area contributed by atoms with Crippen LogP contribution in [0.4, 0.5) is 0 Å². The Bertz CT molecular complexity index is 265. The summed E-state index contributed by atoms with van der Waals surface area (Å²) in [7, 11) is 0. The van der Waals surface area contributed by atoms with E-state index in [-0.39, 0.29) is 0 Å². The topological polar surface area (TPSA) is 69.6 Å². The van der Waals surface area contributed by atoms with E-state index in [4.69, 9.17) is 5.11 Å². The average Bonchev–Trinajstić information content (AvgIpc) is 2.26. The van der Waals surface area contributed by atoms with Crippen molar-refractivity contribution in [1.29, 1.82) is 0 Å². The van der Waals surface area contributed by atoms with Gasteiger partial charge in [-0.2, -0.15) is 12.6 Å². The first-order valence-electron chi connectivity index (χ1n) is 5.40. The molecule has 0 aromatic rings. The Hall–Kier alpha value is -0.750. The zero-order chi connectivity index (χ0) is 12.2. The number of carboxylic acid groups (broad SMARTS) is 1. The van der Waals surface area contributed by atoms with Crippen LogP contribution in [0.2, 0.25) is 0 Å². The number of hydrogen-bond acceptors (Lipinski definition) is 4. The van der Waals surface area contributed by atoms with Crippen LogP contribution in [0.1, 0.15) is 19.8 Å². The van der Waals surface area contributed by atoms with Crippen LogP contribution in [0.3, 0.4) is 0 Å². The molecule has 0 aliphatic carbocycles. The third-order valence-corrected chi connectivity index (χ3v) is 3.89. The summed E-state index contributed by atoms with van der Waals surface area (Å²) in [5, 5.41) is 11.4. The standard InChI is InChI=1S/C10H18N2O3S/c1-2-12-5-3-10(16,4-6-12)8(9(14)15)11-7-13/h7-8,16H,2-6H2,1H3,(H,11,13)(H,14,15). The number of amides is 1. The van der Waals surface area contributed by atoms with Crippen molar-refractivity contribution < 1.29 is 14.7 Å². The molecule has 6 heteroatoms. The Balaban J connectivity index is 2.68. The van der Waals surface area contributed by atoms with Gasteiger partial charge in [-0.15, -0.1) is 0 Å². The number of thiol groups is 1. The van der Waals surface area contributed by atoms with Gasteiger partial charge < -0.3 is 15.3 Å². The number of carbonyl (C=O) groups excluding carboxylic acids is 1. The van der Waals surface area contributed by atoms with Crippen molar-refractivity contribution >= 4 is 25.0 Å². The number of carboxylic acids is 1. The number of nitrogens with zero attached hydrogens (tertiary/aromatic N) is 1. The first-order chi connectivity index (χ1) is 7.53. The fraction of sp³-hybridized carbons (Fsp3) is 0.800. The molecule has 0 bridgehead atoms. The van der Waals surface area contributed by atoms with Gasteiger partial charge in [0, 0.05) is 4.75 Å². The van der Waals surface area contributed by atoms with Gasteiger partial charge in [-0.25, -0.2) is 4.79 Å². The van der Waals surface area contributed by atoms with Gasteiger partial charge in [-0.1, -0.05) is 6.92 Å². The van der Waals surface area contributed by atoms with Crippen LogP contribution in [0.25, 0.3) is 0 Å². The molecule has 1 amide bonds. The highest BCUT2D eigenvalue weighted by molar-refractivity contribution is 7.82. The largest absolute Gasteiger partial charge is 0.480 e. The van der Waals surface area contributed by atoms with Gasteiger partial charge in [0.15, 0.2) is 0 Å². The summed E-state index contributed by atoms with van der Waals surface area (Å²) in [4.78, 5) is 23.7. The maximum atomic E-state index is 11.1. The van der Waals surface area contributed by atoms with E-state index in [0.717, 1.165) is 19.6 Å². The number of hydrogen-bond donors (Lipinski definition) is 3. The van der Waals surface area contributed by atoms with Crippen LogP contribution in [-0.2, 0) is 9.59 Å². The smallest absolute Gasteiger partial charge is 0.327 e. The lowest BCUT2D eigenvalue weighted by Crippen LogP contribution is -2.56. The van der Waals surface area contributed by atoms with Gasteiger partial charge in [0.25, 0.3) is 0 Å². The summed E-state index contributed by atoms with van der Waals surface area (Å²) in [6, 6.07) is -0.910. The van der Waals surface area contributed by atoms with Crippen molar-refractivity contribution in [3.8, 4) is 0 Å². The Morgan fingerprint density at radius 1 is 1.62 bits per heavy atom. The normalized spacial score (nSPS) is 22.4. The molecule has 1 aliphatic heterocycles. The second-order valence-corrected chi connectivity index (χ2v) is 4.98. The molecule has 0 saturated carbocycles. The summed E-state index contributed by atoms with van der Waals surface area (Å²) in [5.41, 5.74) is 0. The lowest BCUT2D eigenvalue weighted by atomic mass is 9.88. The number of piperidine rings is 1. The first kappa shape index (κ1) is 13.3. The van der Waals surface area contributed by atoms with Gasteiger partial charge in [0.2, 0.25) is 6.41 Å². The zero-order valence-corrected chi connectivity index (χ0v) is 10.2. The van der Waals surface area contributed by atoms with Gasteiger partial charge in [0.05, 0.1) is 0 Å². The lowest BCUT2D eigenvalue weighted by molar-refractivity contribution is -0.142. The lowest BCUT2D eigenvalue weighted by Gasteiger charge is -2.41. The predicted octanol–water partition coefficient (Wildman–Crippen LogP) is -0.0301. The highest BCUT2D eigenvalue weighted by atomic mass is 32.1. The fourth-order valence-corrected chi connectivity index (χ4v) is 2.45. The molecule has 1 aliphatic rings. The zero-order valence-electron chi connectivity index (χ0n) is 9.35. The molecule has 1 heterocycles. The number of aliphatic carboxylic acids is 1. The summed E-state index contributed by atoms with van der Waals surface area (Å²) < 4.78 is -0.640. The molecule has 2 N–H and O–H groups in total. The molecule has 0 radical (unpaired) electrons. The first-order valence-corrected chi connectivity index (χ1v) is 5.85. The molecule has 92 valence electrons. The van der Waals surface area contributed by atoms with Gasteiger partial charge in [-0.3, -0.25) is 4.79 Å². The molecule has 5 nitrogen and oxygen atoms in total. The van der Waals surface area contributed by atoms with Crippen LogP contribution in [0.15, 0.2) is 0 Å². The maximum absolute atomic E-state index is 11.1. The third-order valence-electron chi connectivity index (χ3n) is 3.19. The van der Waals surface area contributed by atoms with Gasteiger partial charge in [0.1, 0.15) is 6.04 Å². The van der Waals surface area contributed by atoms with Crippen LogP contribution >= 0.6 is 12.6 Å². The SMILES string of the molecule is CCN1CCC(S)(C(NC=O)C(=O)O)CC1. The van der Waals surface area contributed by atoms with E-state index < -0.39 is 16.8 Å². The Morgan fingerprint density at radius 3 is 2.56 bits per heavy atom. The van der Waals surface area contributed by atoms with Crippen molar-refractivity contribution in [2.75, 3.05) is 19.6 Å². The third kappa shape index (κ3) is 2.89. The van der Waals surface area contributed by atoms with E-state index in [1.165, 1.54) is 0 Å². The van der Waals surface area contributed by atoms with E-state index in [0.29, 0.717) is 19.3 Å². The van der Waals surface area contributed by atoms with Crippen LogP contribution in [0, 0.1) is 0 Å². The van der Waals surface area contributed by atoms with Crippen molar-refractivity contribution in [3.05, 3.63) is 0 Å². The molecule has 1 unspecified atom stereocenters. The second kappa shape index (κ2) is 5.54. The fourth-order valence-electron chi connectivity index (χ4n) is 2.07. The monoisotopic (exact) mass is 246 g/mol. The molecule has 16 heavy (non-hydrogen) atoms. The Kier molecular flexibility index (Phi) is 4.61. The number of nitrogens with one attached hydrogen (secondary N) is 1. The van der Waals surface area contributed by atoms with Crippen LogP contribution < -0.4 is 5.32 Å². The Labute approximate surface area is 101 Å². The van der Waals surface area contributed by atoms with Crippen molar-refractivity contribution in [3.63, 3.8) is 0 Å². The minimum atomic E-state index is -1.02.